The molecule has 3 fully saturated rings. The highest BCUT2D eigenvalue weighted by Gasteiger charge is 2.75. The van der Waals surface area contributed by atoms with E-state index < -0.39 is 34.6 Å². The smallest absolute Gasteiger partial charge is 0.311 e. The number of benzene rings is 2. The van der Waals surface area contributed by atoms with Crippen LogP contribution in [0.1, 0.15) is 26.7 Å². The zero-order valence-corrected chi connectivity index (χ0v) is 23.3. The van der Waals surface area contributed by atoms with Gasteiger partial charge in [-0.15, -0.1) is 18.3 Å². The molecule has 0 saturated carbocycles. The Hall–Kier alpha value is -3.10. The van der Waals surface area contributed by atoms with Crippen LogP contribution in [0.2, 0.25) is 0 Å². The first-order chi connectivity index (χ1) is 18.8. The third-order valence-corrected chi connectivity index (χ3v) is 10.5. The van der Waals surface area contributed by atoms with E-state index in [0.717, 1.165) is 22.9 Å². The van der Waals surface area contributed by atoms with Crippen molar-refractivity contribution in [2.24, 2.45) is 17.8 Å². The molecular formula is C31H36N2O5S. The van der Waals surface area contributed by atoms with E-state index in [-0.39, 0.29) is 42.7 Å². The highest BCUT2D eigenvalue weighted by molar-refractivity contribution is 8.02. The summed E-state index contributed by atoms with van der Waals surface area (Å²) < 4.78 is 4.67. The number of aliphatic hydroxyl groups excluding tert-OH is 1. The van der Waals surface area contributed by atoms with Gasteiger partial charge in [0.15, 0.2) is 0 Å². The van der Waals surface area contributed by atoms with E-state index in [9.17, 15) is 19.5 Å². The van der Waals surface area contributed by atoms with Gasteiger partial charge in [-0.3, -0.25) is 14.4 Å². The maximum atomic E-state index is 14.7. The lowest BCUT2D eigenvalue weighted by atomic mass is 9.71. The summed E-state index contributed by atoms with van der Waals surface area (Å²) in [5, 5.41) is 12.4. The summed E-state index contributed by atoms with van der Waals surface area (Å²) in [5.74, 6) is -2.27. The van der Waals surface area contributed by atoms with Crippen molar-refractivity contribution < 1.29 is 24.2 Å². The van der Waals surface area contributed by atoms with Gasteiger partial charge in [0.1, 0.15) is 12.6 Å². The monoisotopic (exact) mass is 548 g/mol. The van der Waals surface area contributed by atoms with Crippen LogP contribution < -0.4 is 4.90 Å². The summed E-state index contributed by atoms with van der Waals surface area (Å²) in [4.78, 5) is 45.5. The lowest BCUT2D eigenvalue weighted by Gasteiger charge is -2.40. The molecule has 7 nitrogen and oxygen atoms in total. The Morgan fingerprint density at radius 2 is 1.95 bits per heavy atom. The third kappa shape index (κ3) is 4.38. The average molecular weight is 549 g/mol. The van der Waals surface area contributed by atoms with Crippen molar-refractivity contribution in [1.29, 1.82) is 0 Å². The van der Waals surface area contributed by atoms with Gasteiger partial charge in [-0.25, -0.2) is 0 Å². The lowest BCUT2D eigenvalue weighted by Crippen LogP contribution is -2.58. The third-order valence-electron chi connectivity index (χ3n) is 8.52. The molecule has 1 spiro atoms. The summed E-state index contributed by atoms with van der Waals surface area (Å²) in [7, 11) is 0. The Balaban J connectivity index is 1.60. The topological polar surface area (TPSA) is 87.2 Å². The number of nitrogens with zero attached hydrogens (tertiary/aromatic N) is 2. The van der Waals surface area contributed by atoms with E-state index in [1.165, 1.54) is 6.08 Å². The van der Waals surface area contributed by atoms with E-state index >= 15 is 0 Å². The van der Waals surface area contributed by atoms with E-state index in [0.29, 0.717) is 6.42 Å². The molecule has 3 saturated heterocycles. The summed E-state index contributed by atoms with van der Waals surface area (Å²) in [5.41, 5.74) is 0.718. The first-order valence-electron chi connectivity index (χ1n) is 13.6. The van der Waals surface area contributed by atoms with Crippen LogP contribution in [0.3, 0.4) is 0 Å². The molecule has 0 radical (unpaired) electrons. The number of hydrogen-bond donors (Lipinski definition) is 1. The fourth-order valence-corrected chi connectivity index (χ4v) is 8.98. The largest absolute Gasteiger partial charge is 0.461 e. The number of amides is 2. The number of likely N-dealkylation sites (tertiary alicyclic amines) is 1. The Kier molecular flexibility index (Phi) is 7.62. The van der Waals surface area contributed by atoms with Gasteiger partial charge in [0.2, 0.25) is 5.91 Å². The molecule has 0 aliphatic carbocycles. The van der Waals surface area contributed by atoms with Gasteiger partial charge < -0.3 is 19.6 Å². The predicted octanol–water partition coefficient (Wildman–Crippen LogP) is 4.20. The van der Waals surface area contributed by atoms with Crippen molar-refractivity contribution in [3.05, 3.63) is 67.8 Å². The van der Waals surface area contributed by atoms with E-state index in [1.54, 1.807) is 27.6 Å². The minimum Gasteiger partial charge on any atom is -0.461 e. The molecule has 2 aromatic carbocycles. The van der Waals surface area contributed by atoms with Gasteiger partial charge in [-0.2, -0.15) is 0 Å². The molecule has 3 heterocycles. The van der Waals surface area contributed by atoms with E-state index in [2.05, 4.69) is 13.2 Å². The van der Waals surface area contributed by atoms with Crippen LogP contribution in [0.4, 0.5) is 5.69 Å². The van der Waals surface area contributed by atoms with Crippen molar-refractivity contribution >= 4 is 46.0 Å². The summed E-state index contributed by atoms with van der Waals surface area (Å²) in [6.07, 6.45) is 4.57. The van der Waals surface area contributed by atoms with Gasteiger partial charge in [0.25, 0.3) is 5.91 Å². The van der Waals surface area contributed by atoms with Gasteiger partial charge in [0.05, 0.1) is 29.2 Å². The molecule has 5 rings (SSSR count). The Morgan fingerprint density at radius 3 is 2.62 bits per heavy atom. The maximum Gasteiger partial charge on any atom is 0.311 e. The summed E-state index contributed by atoms with van der Waals surface area (Å²) in [6, 6.07) is 12.5. The molecular weight excluding hydrogens is 512 g/mol. The molecule has 2 amide bonds. The quantitative estimate of drug-likeness (QED) is 0.354. The maximum absolute atomic E-state index is 14.7. The SMILES string of the molecule is C=CCOC(=O)[C@@H]1[C@@H]2CCC3(S2)C(C(=O)N(CC=C)c2ccc4ccccc4c2)N([C@@H](CO)C(C)C)C(=O)[C@H]13. The first-order valence-corrected chi connectivity index (χ1v) is 14.5. The van der Waals surface area contributed by atoms with Gasteiger partial charge >= 0.3 is 5.97 Å². The van der Waals surface area contributed by atoms with Crippen LogP contribution in [0.25, 0.3) is 10.8 Å². The highest BCUT2D eigenvalue weighted by atomic mass is 32.2. The number of ether oxygens (including phenoxy) is 1. The second kappa shape index (κ2) is 10.8. The molecule has 1 N–H and O–H groups in total. The number of thioether (sulfide) groups is 1. The van der Waals surface area contributed by atoms with Crippen LogP contribution in [0.15, 0.2) is 67.8 Å². The predicted molar refractivity (Wildman–Crippen MR) is 154 cm³/mol. The second-order valence-electron chi connectivity index (χ2n) is 11.0. The van der Waals surface area contributed by atoms with Gasteiger partial charge in [-0.05, 0) is 41.7 Å². The van der Waals surface area contributed by atoms with Crippen molar-refractivity contribution in [3.63, 3.8) is 0 Å². The molecule has 2 aromatic rings. The number of carbonyl (C=O) groups is 3. The van der Waals surface area contributed by atoms with Gasteiger partial charge in [0, 0.05) is 17.5 Å². The van der Waals surface area contributed by atoms with Crippen LogP contribution >= 0.6 is 11.8 Å². The number of carbonyl (C=O) groups excluding carboxylic acids is 3. The van der Waals surface area contributed by atoms with Crippen molar-refractivity contribution in [1.82, 2.24) is 4.90 Å². The van der Waals surface area contributed by atoms with Crippen LogP contribution in [-0.2, 0) is 19.1 Å². The summed E-state index contributed by atoms with van der Waals surface area (Å²) in [6.45, 7) is 11.5. The molecule has 206 valence electrons. The Morgan fingerprint density at radius 1 is 1.21 bits per heavy atom. The summed E-state index contributed by atoms with van der Waals surface area (Å²) >= 11 is 1.59. The molecule has 39 heavy (non-hydrogen) atoms. The molecule has 3 aliphatic heterocycles. The Bertz CT molecular complexity index is 1310. The highest BCUT2D eigenvalue weighted by Crippen LogP contribution is 2.67. The van der Waals surface area contributed by atoms with Gasteiger partial charge in [-0.1, -0.05) is 62.9 Å². The number of hydrogen-bond acceptors (Lipinski definition) is 6. The van der Waals surface area contributed by atoms with Crippen molar-refractivity contribution in [2.75, 3.05) is 24.7 Å². The average Bonchev–Trinajstić information content (AvgIpc) is 3.58. The fraction of sp³-hybridized carbons (Fsp3) is 0.452. The normalized spacial score (nSPS) is 28.0. The standard InChI is InChI=1S/C31H36N2O5S/c1-5-15-32(22-12-11-20-9-7-8-10-21(20)17-22)29(36)27-31-14-13-24(39-31)25(30(37)38-16-6-2)26(31)28(35)33(27)23(18-34)19(3)4/h5-12,17,19,23-27,34H,1-2,13-16,18H2,3-4H3/t23-,24-,25+,26-,27?,31?/m0/s1. The minimum atomic E-state index is -0.826. The Labute approximate surface area is 233 Å². The first kappa shape index (κ1) is 27.5. The number of esters is 1. The molecule has 6 atom stereocenters. The second-order valence-corrected chi connectivity index (χ2v) is 12.6. The fourth-order valence-electron chi connectivity index (χ4n) is 6.80. The molecule has 2 bridgehead atoms. The molecule has 8 heteroatoms. The minimum absolute atomic E-state index is 0.0764. The van der Waals surface area contributed by atoms with Crippen molar-refractivity contribution in [2.45, 2.75) is 48.8 Å². The van der Waals surface area contributed by atoms with E-state index in [4.69, 9.17) is 4.74 Å². The molecule has 3 aliphatic rings. The number of fused-ring (bicyclic) bond motifs is 2. The zero-order valence-electron chi connectivity index (χ0n) is 22.5. The molecule has 2 unspecified atom stereocenters. The number of aliphatic hydroxyl groups is 1. The van der Waals surface area contributed by atoms with Crippen LogP contribution in [-0.4, -0.2) is 69.6 Å². The lowest BCUT2D eigenvalue weighted by molar-refractivity contribution is -0.153. The van der Waals surface area contributed by atoms with Crippen molar-refractivity contribution in [3.8, 4) is 0 Å². The molecule has 0 aromatic heterocycles. The van der Waals surface area contributed by atoms with E-state index in [1.807, 2.05) is 56.3 Å². The zero-order chi connectivity index (χ0) is 27.9. The number of anilines is 1. The number of rotatable bonds is 10. The van der Waals surface area contributed by atoms with Crippen LogP contribution in [0, 0.1) is 17.8 Å². The van der Waals surface area contributed by atoms with Crippen LogP contribution in [0.5, 0.6) is 0 Å².